The summed E-state index contributed by atoms with van der Waals surface area (Å²) in [5.74, 6) is -5.46. The van der Waals surface area contributed by atoms with Crippen molar-refractivity contribution in [2.75, 3.05) is 14.2 Å². The van der Waals surface area contributed by atoms with Gasteiger partial charge in [0.15, 0.2) is 0 Å². The molecule has 0 aromatic heterocycles. The van der Waals surface area contributed by atoms with Gasteiger partial charge in [0.2, 0.25) is 0 Å². The lowest BCUT2D eigenvalue weighted by Gasteiger charge is -2.18. The number of nitrogens with one attached hydrogen (secondary N) is 1. The summed E-state index contributed by atoms with van der Waals surface area (Å²) in [5.41, 5.74) is 0. The highest BCUT2D eigenvalue weighted by molar-refractivity contribution is 8.06. The number of methoxy groups -OCH3 is 2. The number of carbonyl (C=O) groups is 2. The zero-order valence-corrected chi connectivity index (χ0v) is 11.7. The zero-order valence-electron chi connectivity index (χ0n) is 10.1. The van der Waals surface area contributed by atoms with Crippen LogP contribution in [0.1, 0.15) is 0 Å². The van der Waals surface area contributed by atoms with E-state index in [1.807, 2.05) is 0 Å². The van der Waals surface area contributed by atoms with Gasteiger partial charge in [0, 0.05) is 0 Å². The van der Waals surface area contributed by atoms with Crippen LogP contribution in [0, 0.1) is 0 Å². The van der Waals surface area contributed by atoms with Gasteiger partial charge in [0.25, 0.3) is 0 Å². The van der Waals surface area contributed by atoms with Crippen LogP contribution in [0.4, 0.5) is 17.6 Å². The average molecular weight is 361 g/mol. The Hall–Kier alpha value is -1.48. The van der Waals surface area contributed by atoms with Crippen molar-refractivity contribution in [3.63, 3.8) is 0 Å². The third-order valence-electron chi connectivity index (χ3n) is 1.74. The fourth-order valence-corrected chi connectivity index (χ4v) is 3.30. The lowest BCUT2D eigenvalue weighted by atomic mass is 10.7. The van der Waals surface area contributed by atoms with E-state index < -0.39 is 42.5 Å². The molecule has 21 heavy (non-hydrogen) atoms. The molecule has 1 N–H and O–H groups in total. The number of alkyl halides is 4. The van der Waals surface area contributed by atoms with Gasteiger partial charge in [0.05, 0.1) is 14.2 Å². The molecule has 0 aromatic rings. The summed E-state index contributed by atoms with van der Waals surface area (Å²) in [6, 6.07) is 0. The number of ether oxygens (including phenoxy) is 2. The van der Waals surface area contributed by atoms with Crippen molar-refractivity contribution < 1.29 is 53.5 Å². The molecule has 0 aromatic carbocycles. The number of sulfonamides is 2. The lowest BCUT2D eigenvalue weighted by Crippen LogP contribution is -2.54. The number of rotatable bonds is 6. The standard InChI is InChI=1S/C6H7F4NO8S2/c1-18-3(12)5(7,8)20(14,15)11-21(16,17)6(9,10)4(13)19-2/h11H,1-2H3. The van der Waals surface area contributed by atoms with Crippen LogP contribution in [0.2, 0.25) is 0 Å². The Morgan fingerprint density at radius 2 is 1.05 bits per heavy atom. The minimum absolute atomic E-state index is 0.114. The highest BCUT2D eigenvalue weighted by atomic mass is 32.3. The Balaban J connectivity index is 5.77. The Bertz CT molecular complexity index is 584. The summed E-state index contributed by atoms with van der Waals surface area (Å²) < 4.78 is 103. The monoisotopic (exact) mass is 361 g/mol. The first-order valence-electron chi connectivity index (χ1n) is 4.37. The fraction of sp³-hybridized carbons (Fsp3) is 0.667. The summed E-state index contributed by atoms with van der Waals surface area (Å²) in [6.07, 6.45) is 0. The molecule has 0 saturated carbocycles. The van der Waals surface area contributed by atoms with Gasteiger partial charge in [-0.15, -0.1) is 0 Å². The van der Waals surface area contributed by atoms with Crippen molar-refractivity contribution in [1.29, 1.82) is 0 Å². The van der Waals surface area contributed by atoms with Crippen LogP contribution in [0.5, 0.6) is 0 Å². The van der Waals surface area contributed by atoms with Crippen LogP contribution >= 0.6 is 0 Å². The molecule has 0 aliphatic rings. The van der Waals surface area contributed by atoms with Gasteiger partial charge in [-0.05, 0) is 0 Å². The zero-order chi connectivity index (χ0) is 17.3. The van der Waals surface area contributed by atoms with Gasteiger partial charge in [0.1, 0.15) is 0 Å². The summed E-state index contributed by atoms with van der Waals surface area (Å²) in [6.45, 7) is 0. The molecule has 0 bridgehead atoms. The van der Waals surface area contributed by atoms with E-state index in [0.29, 0.717) is 14.2 Å². The molecule has 124 valence electrons. The van der Waals surface area contributed by atoms with Crippen LogP contribution in [-0.2, 0) is 39.1 Å². The van der Waals surface area contributed by atoms with E-state index in [9.17, 15) is 44.0 Å². The number of carbonyl (C=O) groups excluding carboxylic acids is 2. The Labute approximate surface area is 115 Å². The highest BCUT2D eigenvalue weighted by Gasteiger charge is 2.62. The van der Waals surface area contributed by atoms with Gasteiger partial charge >= 0.3 is 42.5 Å². The predicted octanol–water partition coefficient (Wildman–Crippen LogP) is -1.23. The maximum Gasteiger partial charge on any atom is 0.455 e. The summed E-state index contributed by atoms with van der Waals surface area (Å²) in [5, 5.41) is -11.0. The first kappa shape index (κ1) is 19.5. The first-order chi connectivity index (χ1) is 9.17. The molecule has 0 aliphatic carbocycles. The van der Waals surface area contributed by atoms with E-state index in [1.54, 1.807) is 0 Å². The topological polar surface area (TPSA) is 133 Å². The SMILES string of the molecule is COC(=O)C(F)(F)S(=O)(=O)NS(=O)(=O)C(F)(F)C(=O)OC. The largest absolute Gasteiger partial charge is 0.464 e. The Morgan fingerprint density at radius 3 is 1.24 bits per heavy atom. The second-order valence-corrected chi connectivity index (χ2v) is 6.81. The molecule has 0 spiro atoms. The van der Waals surface area contributed by atoms with Crippen molar-refractivity contribution >= 4 is 32.0 Å². The molecule has 0 saturated heterocycles. The summed E-state index contributed by atoms with van der Waals surface area (Å²) >= 11 is 0. The van der Waals surface area contributed by atoms with Gasteiger partial charge in [-0.2, -0.15) is 17.6 Å². The molecule has 0 aliphatic heterocycles. The van der Waals surface area contributed by atoms with Gasteiger partial charge in [-0.3, -0.25) is 0 Å². The Kier molecular flexibility index (Phi) is 5.32. The second kappa shape index (κ2) is 5.72. The van der Waals surface area contributed by atoms with Gasteiger partial charge in [-0.25, -0.2) is 26.4 Å². The lowest BCUT2D eigenvalue weighted by molar-refractivity contribution is -0.157. The van der Waals surface area contributed by atoms with Crippen molar-refractivity contribution in [1.82, 2.24) is 4.13 Å². The van der Waals surface area contributed by atoms with Crippen LogP contribution in [0.3, 0.4) is 0 Å². The van der Waals surface area contributed by atoms with E-state index in [0.717, 1.165) is 0 Å². The maximum absolute atomic E-state index is 13.0. The molecule has 15 heteroatoms. The normalized spacial score (nSPS) is 13.6. The second-order valence-electron chi connectivity index (χ2n) is 3.11. The average Bonchev–Trinajstić information content (AvgIpc) is 2.34. The quantitative estimate of drug-likeness (QED) is 0.459. The van der Waals surface area contributed by atoms with E-state index >= 15 is 0 Å². The molecule has 0 atom stereocenters. The Morgan fingerprint density at radius 1 is 0.810 bits per heavy atom. The smallest absolute Gasteiger partial charge is 0.455 e. The van der Waals surface area contributed by atoms with E-state index in [-0.39, 0.29) is 4.13 Å². The molecule has 0 fully saturated rings. The molecule has 0 heterocycles. The molecule has 0 amide bonds. The van der Waals surface area contributed by atoms with Gasteiger partial charge < -0.3 is 9.47 Å². The number of esters is 2. The fourth-order valence-electron chi connectivity index (χ4n) is 0.706. The van der Waals surface area contributed by atoms with E-state index in [2.05, 4.69) is 9.47 Å². The maximum atomic E-state index is 13.0. The number of hydrogen-bond donors (Lipinski definition) is 1. The third kappa shape index (κ3) is 3.41. The van der Waals surface area contributed by atoms with Crippen LogP contribution in [0.15, 0.2) is 0 Å². The molecular formula is C6H7F4NO8S2. The minimum atomic E-state index is -6.49. The van der Waals surface area contributed by atoms with E-state index in [1.165, 1.54) is 0 Å². The number of hydrogen-bond acceptors (Lipinski definition) is 8. The van der Waals surface area contributed by atoms with Crippen molar-refractivity contribution in [2.24, 2.45) is 0 Å². The third-order valence-corrected chi connectivity index (χ3v) is 5.18. The van der Waals surface area contributed by atoms with Crippen LogP contribution < -0.4 is 4.13 Å². The van der Waals surface area contributed by atoms with Crippen molar-refractivity contribution in [3.8, 4) is 0 Å². The summed E-state index contributed by atoms with van der Waals surface area (Å²) in [4.78, 5) is 21.1. The number of halogens is 4. The first-order valence-corrected chi connectivity index (χ1v) is 7.34. The van der Waals surface area contributed by atoms with E-state index in [4.69, 9.17) is 0 Å². The molecule has 0 unspecified atom stereocenters. The van der Waals surface area contributed by atoms with Crippen LogP contribution in [0.25, 0.3) is 0 Å². The predicted molar refractivity (Wildman–Crippen MR) is 54.9 cm³/mol. The van der Waals surface area contributed by atoms with Crippen molar-refractivity contribution in [2.45, 2.75) is 10.5 Å². The van der Waals surface area contributed by atoms with Gasteiger partial charge in [-0.1, -0.05) is 4.13 Å². The van der Waals surface area contributed by atoms with Crippen LogP contribution in [-0.4, -0.2) is 53.5 Å². The molecule has 0 rings (SSSR count). The molecule has 9 nitrogen and oxygen atoms in total. The molecule has 0 radical (unpaired) electrons. The minimum Gasteiger partial charge on any atom is -0.464 e. The van der Waals surface area contributed by atoms with Crippen molar-refractivity contribution in [3.05, 3.63) is 0 Å². The molecular weight excluding hydrogens is 354 g/mol. The highest BCUT2D eigenvalue weighted by Crippen LogP contribution is 2.27. The summed E-state index contributed by atoms with van der Waals surface area (Å²) in [7, 11) is -12.3.